The number of nitrogens with zero attached hydrogens (tertiary/aromatic N) is 2. The van der Waals surface area contributed by atoms with E-state index >= 15 is 0 Å². The lowest BCUT2D eigenvalue weighted by molar-refractivity contribution is -0.129. The Kier molecular flexibility index (Phi) is 13.5. The van der Waals surface area contributed by atoms with Gasteiger partial charge in [-0.1, -0.05) is 104 Å². The molecule has 2 aromatic rings. The molecule has 0 bridgehead atoms. The SMILES string of the molecule is CC.CC#CC(C)(CC)C(C)(C)C(C)/C1=C(\N=N)c2ccccc2N(C(=O)CCC(=O)N[C@H](C(N)=O)C(C)C)Cc2ccccc21.[HH].[HH]. The van der Waals surface area contributed by atoms with Crippen LogP contribution in [0.2, 0.25) is 0 Å². The number of primary amides is 1. The van der Waals surface area contributed by atoms with E-state index < -0.39 is 17.9 Å². The number of anilines is 1. The summed E-state index contributed by atoms with van der Waals surface area (Å²) >= 11 is 0. The van der Waals surface area contributed by atoms with Crippen molar-refractivity contribution in [3.63, 3.8) is 0 Å². The van der Waals surface area contributed by atoms with Crippen LogP contribution in [0.3, 0.4) is 0 Å². The highest BCUT2D eigenvalue weighted by Gasteiger charge is 2.45. The summed E-state index contributed by atoms with van der Waals surface area (Å²) in [6.45, 7) is 20.8. The maximum absolute atomic E-state index is 13.9. The molecule has 3 atom stereocenters. The summed E-state index contributed by atoms with van der Waals surface area (Å²) in [6, 6.07) is 14.7. The van der Waals surface area contributed by atoms with Crippen molar-refractivity contribution < 1.29 is 17.2 Å². The van der Waals surface area contributed by atoms with Gasteiger partial charge in [0.05, 0.1) is 17.9 Å². The van der Waals surface area contributed by atoms with E-state index in [0.717, 1.165) is 23.1 Å². The highest BCUT2D eigenvalue weighted by atomic mass is 16.2. The van der Waals surface area contributed by atoms with Crippen molar-refractivity contribution in [1.82, 2.24) is 5.32 Å². The Balaban J connectivity index is 0.00000542. The molecule has 0 radical (unpaired) electrons. The van der Waals surface area contributed by atoms with Gasteiger partial charge >= 0.3 is 0 Å². The minimum Gasteiger partial charge on any atom is -0.368 e. The number of benzene rings is 2. The molecule has 1 aliphatic heterocycles. The van der Waals surface area contributed by atoms with E-state index in [1.54, 1.807) is 18.7 Å². The Hall–Kier alpha value is -4.25. The second-order valence-electron chi connectivity index (χ2n) is 12.7. The van der Waals surface area contributed by atoms with E-state index in [9.17, 15) is 14.4 Å². The number of rotatable bonds is 11. The molecule has 1 aliphatic rings. The van der Waals surface area contributed by atoms with Gasteiger partial charge < -0.3 is 16.0 Å². The van der Waals surface area contributed by atoms with Crippen molar-refractivity contribution in [2.75, 3.05) is 4.90 Å². The Morgan fingerprint density at radius 2 is 1.61 bits per heavy atom. The minimum atomic E-state index is -0.805. The van der Waals surface area contributed by atoms with Gasteiger partial charge in [-0.2, -0.15) is 5.11 Å². The molecule has 4 N–H and O–H groups in total. The maximum Gasteiger partial charge on any atom is 0.240 e. The van der Waals surface area contributed by atoms with Gasteiger partial charge in [0.2, 0.25) is 17.7 Å². The molecular formula is C38H57N5O3. The average Bonchev–Trinajstić information content (AvgIpc) is 3.03. The van der Waals surface area contributed by atoms with Gasteiger partial charge in [0.1, 0.15) is 6.04 Å². The monoisotopic (exact) mass is 631 g/mol. The Morgan fingerprint density at radius 1 is 1.02 bits per heavy atom. The molecule has 1 heterocycles. The summed E-state index contributed by atoms with van der Waals surface area (Å²) < 4.78 is 0. The van der Waals surface area contributed by atoms with Gasteiger partial charge in [-0.05, 0) is 60.3 Å². The first kappa shape index (κ1) is 37.9. The van der Waals surface area contributed by atoms with E-state index in [1.165, 1.54) is 0 Å². The number of allylic oxidation sites excluding steroid dienone is 1. The third-order valence-electron chi connectivity index (χ3n) is 9.66. The summed E-state index contributed by atoms with van der Waals surface area (Å²) in [5.74, 6) is 5.12. The molecule has 2 unspecified atom stereocenters. The fourth-order valence-electron chi connectivity index (χ4n) is 6.13. The third kappa shape index (κ3) is 7.93. The Labute approximate surface area is 279 Å². The highest BCUT2D eigenvalue weighted by molar-refractivity contribution is 6.03. The van der Waals surface area contributed by atoms with Gasteiger partial charge in [0, 0.05) is 26.7 Å². The zero-order chi connectivity index (χ0) is 34.8. The second kappa shape index (κ2) is 16.4. The number of carbonyl (C=O) groups excluding carboxylic acids is 3. The lowest BCUT2D eigenvalue weighted by Crippen LogP contribution is -2.47. The normalized spacial score (nSPS) is 16.8. The molecule has 8 nitrogen and oxygen atoms in total. The predicted octanol–water partition coefficient (Wildman–Crippen LogP) is 8.46. The number of nitrogens with two attached hydrogens (primary N) is 1. The average molecular weight is 632 g/mol. The van der Waals surface area contributed by atoms with Crippen molar-refractivity contribution in [3.05, 3.63) is 65.2 Å². The van der Waals surface area contributed by atoms with Crippen molar-refractivity contribution >= 4 is 34.7 Å². The van der Waals surface area contributed by atoms with Gasteiger partial charge in [-0.25, -0.2) is 5.53 Å². The van der Waals surface area contributed by atoms with Crippen molar-refractivity contribution in [3.8, 4) is 11.8 Å². The molecule has 3 amide bonds. The Morgan fingerprint density at radius 3 is 2.15 bits per heavy atom. The third-order valence-corrected chi connectivity index (χ3v) is 9.66. The quantitative estimate of drug-likeness (QED) is 0.170. The second-order valence-corrected chi connectivity index (χ2v) is 12.7. The predicted molar refractivity (Wildman–Crippen MR) is 192 cm³/mol. The van der Waals surface area contributed by atoms with Crippen LogP contribution in [0.15, 0.2) is 53.6 Å². The first-order valence-corrected chi connectivity index (χ1v) is 16.4. The topological polar surface area (TPSA) is 129 Å². The van der Waals surface area contributed by atoms with Gasteiger partial charge in [0.25, 0.3) is 0 Å². The first-order valence-electron chi connectivity index (χ1n) is 16.4. The van der Waals surface area contributed by atoms with Crippen molar-refractivity contribution in [1.29, 1.82) is 5.53 Å². The summed E-state index contributed by atoms with van der Waals surface area (Å²) in [4.78, 5) is 40.0. The van der Waals surface area contributed by atoms with Crippen molar-refractivity contribution in [2.24, 2.45) is 33.5 Å². The molecule has 0 aromatic heterocycles. The molecule has 0 saturated carbocycles. The van der Waals surface area contributed by atoms with Crippen LogP contribution in [0, 0.1) is 40.0 Å². The van der Waals surface area contributed by atoms with Crippen LogP contribution < -0.4 is 16.0 Å². The standard InChI is InChI=1S/C36H47N5O3.C2H6.2H2/c1-9-21-36(8,10-2)35(6,7)24(5)31-26-16-12-11-15-25(26)22-41(28-18-14-13-17-27(28)33(31)40-38)30(43)20-19-29(42)39-32(23(3)4)34(37)44;1-2;;/h11-18,23-24,32,38H,10,19-20,22H2,1-8H3,(H2,37,44)(H,39,42);1-2H3;2*1H/b33-31+,40-38?;;;/t24?,32-,36?;;;/m0.../s1. The van der Waals surface area contributed by atoms with Gasteiger partial charge in [-0.15, -0.1) is 5.92 Å². The van der Waals surface area contributed by atoms with E-state index in [4.69, 9.17) is 11.3 Å². The molecule has 0 spiro atoms. The summed E-state index contributed by atoms with van der Waals surface area (Å²) in [5, 5.41) is 6.81. The molecule has 3 rings (SSSR count). The molecule has 0 saturated heterocycles. The number of nitrogens with one attached hydrogen (secondary N) is 2. The molecule has 46 heavy (non-hydrogen) atoms. The molecule has 0 aliphatic carbocycles. The number of hydrogen-bond acceptors (Lipinski definition) is 5. The molecule has 2 aromatic carbocycles. The summed E-state index contributed by atoms with van der Waals surface area (Å²) in [5.41, 5.74) is 17.9. The number of amides is 3. The zero-order valence-electron chi connectivity index (χ0n) is 29.4. The molecular weight excluding hydrogens is 574 g/mol. The van der Waals surface area contributed by atoms with Crippen molar-refractivity contribution in [2.45, 2.75) is 101 Å². The Bertz CT molecular complexity index is 1530. The van der Waals surface area contributed by atoms with E-state index in [-0.39, 0.29) is 50.8 Å². The van der Waals surface area contributed by atoms with Gasteiger partial charge in [-0.3, -0.25) is 14.4 Å². The number of hydrogen-bond donors (Lipinski definition) is 3. The van der Waals surface area contributed by atoms with E-state index in [0.29, 0.717) is 16.9 Å². The lowest BCUT2D eigenvalue weighted by Gasteiger charge is -2.46. The lowest BCUT2D eigenvalue weighted by atomic mass is 9.57. The van der Waals surface area contributed by atoms with Crippen LogP contribution in [0.1, 0.15) is 108 Å². The molecule has 252 valence electrons. The molecule has 0 fully saturated rings. The largest absolute Gasteiger partial charge is 0.368 e. The minimum absolute atomic E-state index is 0. The van der Waals surface area contributed by atoms with Crippen LogP contribution in [-0.2, 0) is 20.9 Å². The van der Waals surface area contributed by atoms with E-state index in [1.807, 2.05) is 69.3 Å². The van der Waals surface area contributed by atoms with Crippen LogP contribution >= 0.6 is 0 Å². The van der Waals surface area contributed by atoms with Crippen LogP contribution in [0.25, 0.3) is 11.3 Å². The fraction of sp³-hybridized carbons (Fsp3) is 0.500. The molecule has 8 heteroatoms. The zero-order valence-corrected chi connectivity index (χ0v) is 29.4. The van der Waals surface area contributed by atoms with Gasteiger partial charge in [0.15, 0.2) is 0 Å². The summed E-state index contributed by atoms with van der Waals surface area (Å²) in [6.07, 6.45) is 0.701. The number of fused-ring (bicyclic) bond motifs is 2. The smallest absolute Gasteiger partial charge is 0.240 e. The summed E-state index contributed by atoms with van der Waals surface area (Å²) in [7, 11) is 0. The van der Waals surface area contributed by atoms with Crippen LogP contribution in [0.4, 0.5) is 5.69 Å². The maximum atomic E-state index is 13.9. The highest BCUT2D eigenvalue weighted by Crippen LogP contribution is 2.54. The van der Waals surface area contributed by atoms with Crippen LogP contribution in [0.5, 0.6) is 0 Å². The number of para-hydroxylation sites is 1. The first-order chi connectivity index (χ1) is 21.7. The number of carbonyl (C=O) groups is 3. The van der Waals surface area contributed by atoms with E-state index in [2.05, 4.69) is 56.9 Å². The fourth-order valence-corrected chi connectivity index (χ4v) is 6.13. The van der Waals surface area contributed by atoms with Crippen LogP contribution in [-0.4, -0.2) is 23.8 Å².